The first-order valence-electron chi connectivity index (χ1n) is 41.4. The second kappa shape index (κ2) is 45.2. The number of carbonyl (C=O) groups is 8. The molecule has 6 heterocycles. The van der Waals surface area contributed by atoms with E-state index in [9.17, 15) is 38.4 Å². The highest BCUT2D eigenvalue weighted by Crippen LogP contribution is 2.55. The van der Waals surface area contributed by atoms with E-state index in [0.717, 1.165) is 0 Å². The first-order valence-corrected chi connectivity index (χ1v) is 79.4. The van der Waals surface area contributed by atoms with Gasteiger partial charge in [-0.15, -0.1) is 0 Å². The van der Waals surface area contributed by atoms with E-state index in [-0.39, 0.29) is 197 Å². The molecule has 0 aromatic rings. The molecule has 0 radical (unpaired) electrons. The van der Waals surface area contributed by atoms with Crippen LogP contribution in [0, 0.1) is 0 Å². The zero-order valence-electron chi connectivity index (χ0n) is 77.3. The maximum absolute atomic E-state index is 13.1. The number of hydrogen-bond acceptors (Lipinski definition) is 36. The number of carbonyl (C=O) groups excluding carboxylic acids is 8. The van der Waals surface area contributed by atoms with Crippen LogP contribution in [0.1, 0.15) is 107 Å². The third-order valence-electron chi connectivity index (χ3n) is 18.2. The summed E-state index contributed by atoms with van der Waals surface area (Å²) in [5, 5.41) is 0. The van der Waals surface area contributed by atoms with Crippen molar-refractivity contribution in [2.24, 2.45) is 0 Å². The molecule has 0 spiro atoms. The Morgan fingerprint density at radius 2 is 0.266 bits per heavy atom. The second-order valence-corrected chi connectivity index (χ2v) is 92.8. The van der Waals surface area contributed by atoms with Crippen LogP contribution in [0.3, 0.4) is 0 Å². The lowest BCUT2D eigenvalue weighted by atomic mass is 10.4. The first-order chi connectivity index (χ1) is 56.8. The van der Waals surface area contributed by atoms with Gasteiger partial charge in [0.05, 0.1) is 52.9 Å². The summed E-state index contributed by atoms with van der Waals surface area (Å²) in [6.07, 6.45) is 1.21. The standard InChI is InChI=1S/C72H136O36Si16/c1-57(2)65(73)81-41-33-49-109(17,18)89-117-97-118(90-110(19,20)50-34-42-82-66(74)58(3)4)100-121(93-113(25,26)53-37-45-85-69(77)61(9)10)102-119(98-117,91-111(21,22)51-35-43-83-67(75)59(5)6)104-123(95-115(29,30)55-39-47-87-71(79)63(13)14)105-120(99-117,92-112(23,24)52-36-44-84-68(76)60(7)8)103-122(101-118,94-114(27,28)54-38-46-86-70(78)62(11)12)107-124(106-121,108-123)96-116(31,32)56-40-48-88-72(80)64(15)16/h1,3,5,7,9,11,13,15,33-56H2,2,4,6,8,10,12,14,16-32H3. The molecule has 36 nitrogen and oxygen atoms in total. The first kappa shape index (κ1) is 111. The van der Waals surface area contributed by atoms with Crippen LogP contribution in [0.25, 0.3) is 0 Å². The van der Waals surface area contributed by atoms with Crippen LogP contribution in [0.15, 0.2) is 97.2 Å². The van der Waals surface area contributed by atoms with Crippen LogP contribution < -0.4 is 0 Å². The van der Waals surface area contributed by atoms with Crippen molar-refractivity contribution < 1.29 is 159 Å². The van der Waals surface area contributed by atoms with Crippen LogP contribution in [0.5, 0.6) is 0 Å². The Kier molecular flexibility index (Phi) is 40.4. The highest BCUT2D eigenvalue weighted by Gasteiger charge is 2.93. The highest BCUT2D eigenvalue weighted by molar-refractivity contribution is 7.04. The number of rotatable bonds is 56. The molecular formula is C72H136O36Si16. The van der Waals surface area contributed by atoms with Crippen molar-refractivity contribution >= 4 is 187 Å². The van der Waals surface area contributed by atoms with Gasteiger partial charge in [0.15, 0.2) is 66.5 Å². The smallest absolute Gasteiger partial charge is 0.462 e. The summed E-state index contributed by atoms with van der Waals surface area (Å²) in [5.41, 5.74) is 1.22. The molecule has 0 atom stereocenters. The molecule has 52 heteroatoms. The fraction of sp³-hybridized carbons (Fsp3) is 0.667. The molecule has 124 heavy (non-hydrogen) atoms. The number of esters is 8. The summed E-state index contributed by atoms with van der Waals surface area (Å²) in [4.78, 5) is 105. The molecule has 0 aromatic carbocycles. The minimum absolute atomic E-state index is 0.120. The summed E-state index contributed by atoms with van der Waals surface area (Å²) < 4.78 is 205. The van der Waals surface area contributed by atoms with Gasteiger partial charge in [-0.3, -0.25) is 0 Å². The fourth-order valence-electron chi connectivity index (χ4n) is 12.2. The second-order valence-electron chi connectivity index (χ2n) is 36.3. The minimum Gasteiger partial charge on any atom is -0.462 e. The molecule has 0 saturated carbocycles. The SMILES string of the molecule is C=C(C)C(=O)OCCC[Si](C)(C)O[Si]12O[Si]3(O[Si](C)(C)CCCOC(=O)C(=C)C)O[Si]4(O[Si](C)(C)CCCOC(=O)C(=C)C)O[Si](O[Si](C)(C)CCCOC(=O)C(=C)C)(O1)O[Si]1(O[Si](C)(C)CCCOC(=O)C(=C)C)O[Si](O[Si](C)(C)CCCOC(=O)C(=C)C)(O2)O[Si](O[Si](C)(C)CCCOC(=O)C(=C)C)(O3)O[Si](O[Si](C)(C)CCCOC(=O)C(=C)C)(O4)O1. The predicted octanol–water partition coefficient (Wildman–Crippen LogP) is 13.6. The Morgan fingerprint density at radius 1 is 0.185 bits per heavy atom. The van der Waals surface area contributed by atoms with Gasteiger partial charge in [0, 0.05) is 44.6 Å². The van der Waals surface area contributed by atoms with Gasteiger partial charge in [0.25, 0.3) is 0 Å². The molecular weight excluding hydrogens is 1890 g/mol. The van der Waals surface area contributed by atoms with Gasteiger partial charge in [-0.25, -0.2) is 38.4 Å². The van der Waals surface area contributed by atoms with Gasteiger partial charge < -0.3 is 120 Å². The molecule has 6 aliphatic heterocycles. The summed E-state index contributed by atoms with van der Waals surface area (Å²) in [6, 6.07) is 0.958. The summed E-state index contributed by atoms with van der Waals surface area (Å²) in [6.45, 7) is 70.3. The van der Waals surface area contributed by atoms with E-state index >= 15 is 0 Å². The lowest BCUT2D eigenvalue weighted by Gasteiger charge is -2.61. The Labute approximate surface area is 750 Å². The van der Waals surface area contributed by atoms with Crippen LogP contribution in [0.2, 0.25) is 153 Å². The number of ether oxygens (including phenoxy) is 8. The largest absolute Gasteiger partial charge is 0.651 e. The van der Waals surface area contributed by atoms with E-state index in [4.69, 9.17) is 120 Å². The molecule has 704 valence electrons. The molecule has 0 N–H and O–H groups in total. The van der Waals surface area contributed by atoms with Gasteiger partial charge in [0.1, 0.15) is 0 Å². The monoisotopic (exact) mass is 2020 g/mol. The maximum Gasteiger partial charge on any atom is 0.651 e. The maximum atomic E-state index is 13.1. The molecule has 0 unspecified atom stereocenters. The Bertz CT molecular complexity index is 3130. The van der Waals surface area contributed by atoms with Crippen LogP contribution >= 0.6 is 0 Å². The van der Waals surface area contributed by atoms with Crippen LogP contribution in [-0.4, -0.2) is 240 Å². The molecule has 0 aromatic heterocycles. The molecule has 6 rings (SSSR count). The minimum atomic E-state index is -6.03. The lowest BCUT2D eigenvalue weighted by Crippen LogP contribution is -2.93. The van der Waals surface area contributed by atoms with E-state index in [1.54, 1.807) is 0 Å². The average molecular weight is 2030 g/mol. The zero-order valence-corrected chi connectivity index (χ0v) is 93.3. The van der Waals surface area contributed by atoms with Gasteiger partial charge in [-0.2, -0.15) is 0 Å². The molecule has 0 aliphatic carbocycles. The topological polar surface area (TPSA) is 395 Å². The molecule has 8 bridgehead atoms. The van der Waals surface area contributed by atoms with Gasteiger partial charge in [-0.05, 0) is 260 Å². The number of hydrogen-bond donors (Lipinski definition) is 0. The van der Waals surface area contributed by atoms with E-state index in [1.165, 1.54) is 55.4 Å². The Morgan fingerprint density at radius 3 is 0.339 bits per heavy atom. The Balaban J connectivity index is 2.21. The van der Waals surface area contributed by atoms with E-state index in [0.29, 0.717) is 0 Å². The fourth-order valence-corrected chi connectivity index (χ4v) is 85.8. The molecule has 0 amide bonds. The van der Waals surface area contributed by atoms with Crippen molar-refractivity contribution in [3.8, 4) is 0 Å². The average Bonchev–Trinajstić information content (AvgIpc) is 0.676. The van der Waals surface area contributed by atoms with Crippen molar-refractivity contribution in [2.45, 2.75) is 260 Å². The quantitative estimate of drug-likeness (QED) is 0.0179. The summed E-state index contributed by atoms with van der Waals surface area (Å²) in [7, 11) is -78.5. The van der Waals surface area contributed by atoms with Crippen molar-refractivity contribution in [3.05, 3.63) is 97.2 Å². The molecule has 6 aliphatic rings. The summed E-state index contributed by atoms with van der Waals surface area (Å²) >= 11 is 0. The predicted molar refractivity (Wildman–Crippen MR) is 489 cm³/mol. The third-order valence-corrected chi connectivity index (χ3v) is 80.4. The van der Waals surface area contributed by atoms with Crippen molar-refractivity contribution in [2.75, 3.05) is 52.9 Å². The van der Waals surface area contributed by atoms with Gasteiger partial charge in [0.2, 0.25) is 0 Å². The Hall–Kier alpha value is -3.65. The van der Waals surface area contributed by atoms with Crippen molar-refractivity contribution in [3.63, 3.8) is 0 Å². The molecule has 6 fully saturated rings. The lowest BCUT2D eigenvalue weighted by molar-refractivity contribution is -0.140. The van der Waals surface area contributed by atoms with Crippen LogP contribution in [0.4, 0.5) is 0 Å². The van der Waals surface area contributed by atoms with Crippen molar-refractivity contribution in [1.29, 1.82) is 0 Å². The molecule has 6 saturated heterocycles. The van der Waals surface area contributed by atoms with Crippen LogP contribution in [-0.2, 0) is 159 Å². The highest BCUT2D eigenvalue weighted by atomic mass is 28.7. The third kappa shape index (κ3) is 36.1. The van der Waals surface area contributed by atoms with E-state index in [2.05, 4.69) is 52.6 Å². The normalized spacial score (nSPS) is 24.6. The van der Waals surface area contributed by atoms with Gasteiger partial charge >= 0.3 is 120 Å². The zero-order chi connectivity index (χ0) is 94.0. The van der Waals surface area contributed by atoms with Crippen molar-refractivity contribution in [1.82, 2.24) is 0 Å². The van der Waals surface area contributed by atoms with E-state index < -0.39 is 187 Å². The van der Waals surface area contributed by atoms with E-state index in [1.807, 2.05) is 105 Å². The summed E-state index contributed by atoms with van der Waals surface area (Å²) in [5.74, 6) is -5.18. The van der Waals surface area contributed by atoms with Gasteiger partial charge in [-0.1, -0.05) is 52.6 Å².